The van der Waals surface area contributed by atoms with Gasteiger partial charge >= 0.3 is 0 Å². The average molecular weight is 418 g/mol. The smallest absolute Gasteiger partial charge is 0.272 e. The van der Waals surface area contributed by atoms with E-state index in [2.05, 4.69) is 54.7 Å². The van der Waals surface area contributed by atoms with Gasteiger partial charge in [0.15, 0.2) is 5.69 Å². The van der Waals surface area contributed by atoms with Gasteiger partial charge in [-0.15, -0.1) is 0 Å². The molecular formula is C26H33N4O+. The van der Waals surface area contributed by atoms with Gasteiger partial charge in [-0.25, -0.2) is 4.68 Å². The predicted molar refractivity (Wildman–Crippen MR) is 124 cm³/mol. The van der Waals surface area contributed by atoms with E-state index < -0.39 is 0 Å². The van der Waals surface area contributed by atoms with E-state index in [0.29, 0.717) is 5.69 Å². The van der Waals surface area contributed by atoms with E-state index in [1.165, 1.54) is 5.56 Å². The second kappa shape index (κ2) is 9.48. The lowest BCUT2D eigenvalue weighted by molar-refractivity contribution is -0.927. The molecule has 1 amide bonds. The van der Waals surface area contributed by atoms with Crippen molar-refractivity contribution >= 4 is 5.91 Å². The largest absolute Gasteiger partial charge is 0.347 e. The van der Waals surface area contributed by atoms with Gasteiger partial charge < -0.3 is 9.80 Å². The fourth-order valence-corrected chi connectivity index (χ4v) is 4.53. The normalized spacial score (nSPS) is 21.0. The lowest BCUT2D eigenvalue weighted by Gasteiger charge is -2.40. The molecule has 31 heavy (non-hydrogen) atoms. The minimum Gasteiger partial charge on any atom is -0.347 e. The Morgan fingerprint density at radius 1 is 1.06 bits per heavy atom. The van der Waals surface area contributed by atoms with Crippen LogP contribution in [-0.4, -0.2) is 46.3 Å². The number of nitrogens with zero attached hydrogens (tertiary/aromatic N) is 3. The molecular weight excluding hydrogens is 384 g/mol. The first-order valence-corrected chi connectivity index (χ1v) is 11.4. The van der Waals surface area contributed by atoms with Crippen LogP contribution in [0.15, 0.2) is 66.7 Å². The summed E-state index contributed by atoms with van der Waals surface area (Å²) in [6, 6.07) is 22.9. The quantitative estimate of drug-likeness (QED) is 0.581. The zero-order valence-corrected chi connectivity index (χ0v) is 18.6. The van der Waals surface area contributed by atoms with Crippen LogP contribution in [0.2, 0.25) is 0 Å². The van der Waals surface area contributed by atoms with Crippen molar-refractivity contribution in [2.24, 2.45) is 0 Å². The van der Waals surface area contributed by atoms with Crippen molar-refractivity contribution in [1.82, 2.24) is 15.1 Å². The second-order valence-corrected chi connectivity index (χ2v) is 8.98. The van der Waals surface area contributed by atoms with Crippen LogP contribution in [0.3, 0.4) is 0 Å². The summed E-state index contributed by atoms with van der Waals surface area (Å²) in [6.07, 6.45) is 3.90. The summed E-state index contributed by atoms with van der Waals surface area (Å²) < 4.78 is 2.94. The highest BCUT2D eigenvalue weighted by molar-refractivity contribution is 5.92. The molecule has 1 aromatic heterocycles. The zero-order chi connectivity index (χ0) is 21.7. The second-order valence-electron chi connectivity index (χ2n) is 8.98. The van der Waals surface area contributed by atoms with E-state index in [9.17, 15) is 4.79 Å². The third-order valence-corrected chi connectivity index (χ3v) is 6.30. The lowest BCUT2D eigenvalue weighted by atomic mass is 10.0. The highest BCUT2D eigenvalue weighted by Crippen LogP contribution is 2.21. The van der Waals surface area contributed by atoms with Crippen LogP contribution in [-0.2, 0) is 13.0 Å². The highest BCUT2D eigenvalue weighted by atomic mass is 16.2. The number of amides is 1. The summed E-state index contributed by atoms with van der Waals surface area (Å²) in [6.45, 7) is 5.33. The Morgan fingerprint density at radius 3 is 2.35 bits per heavy atom. The number of hydrogen-bond donors (Lipinski definition) is 1. The van der Waals surface area contributed by atoms with Crippen molar-refractivity contribution in [2.75, 3.05) is 20.1 Å². The van der Waals surface area contributed by atoms with Crippen LogP contribution in [0.1, 0.15) is 47.9 Å². The number of benzene rings is 2. The monoisotopic (exact) mass is 417 g/mol. The number of aryl methyl sites for hydroxylation is 1. The number of aromatic nitrogens is 2. The minimum absolute atomic E-state index is 0.0591. The molecule has 1 aliphatic rings. The maximum Gasteiger partial charge on any atom is 0.272 e. The molecule has 0 saturated carbocycles. The number of hydrogen-bond acceptors (Lipinski definition) is 2. The Balaban J connectivity index is 1.39. The van der Waals surface area contributed by atoms with Gasteiger partial charge in [0.25, 0.3) is 5.91 Å². The third-order valence-electron chi connectivity index (χ3n) is 6.30. The van der Waals surface area contributed by atoms with E-state index in [1.807, 2.05) is 41.1 Å². The topological polar surface area (TPSA) is 46.9 Å². The number of nitrogens with one attached hydrogen (secondary N) is 1. The number of quaternary nitrogens is 1. The summed E-state index contributed by atoms with van der Waals surface area (Å²) in [4.78, 5) is 13.0. The summed E-state index contributed by atoms with van der Waals surface area (Å²) in [7, 11) is 2.32. The van der Waals surface area contributed by atoms with Gasteiger partial charge in [-0.1, -0.05) is 61.9 Å². The van der Waals surface area contributed by atoms with Gasteiger partial charge in [-0.2, -0.15) is 5.10 Å². The minimum atomic E-state index is -0.0591. The van der Waals surface area contributed by atoms with Crippen LogP contribution in [0.4, 0.5) is 0 Å². The number of piperidine rings is 1. The summed E-state index contributed by atoms with van der Waals surface area (Å²) in [5.41, 5.74) is 3.97. The van der Waals surface area contributed by atoms with Crippen molar-refractivity contribution in [1.29, 1.82) is 0 Å². The van der Waals surface area contributed by atoms with Crippen LogP contribution < -0.4 is 5.32 Å². The summed E-state index contributed by atoms with van der Waals surface area (Å²) in [5.74, 6) is -0.0591. The molecule has 0 radical (unpaired) electrons. The fraction of sp³-hybridized carbons (Fsp3) is 0.385. The molecule has 0 bridgehead atoms. The molecule has 1 saturated heterocycles. The van der Waals surface area contributed by atoms with E-state index in [0.717, 1.165) is 61.2 Å². The SMILES string of the molecule is CCCc1cc(C(=O)NC2CC[N+](C)(Cc3ccccc3)CC2)nn1-c1ccccc1. The molecule has 4 rings (SSSR count). The molecule has 0 aliphatic carbocycles. The van der Waals surface area contributed by atoms with E-state index >= 15 is 0 Å². The van der Waals surface area contributed by atoms with Gasteiger partial charge in [0.1, 0.15) is 6.54 Å². The average Bonchev–Trinajstić information content (AvgIpc) is 3.21. The molecule has 1 N–H and O–H groups in total. The molecule has 2 heterocycles. The number of carbonyl (C=O) groups is 1. The number of carbonyl (C=O) groups excluding carboxylic acids is 1. The van der Waals surface area contributed by atoms with Crippen molar-refractivity contribution in [2.45, 2.75) is 45.2 Å². The van der Waals surface area contributed by atoms with Crippen molar-refractivity contribution < 1.29 is 9.28 Å². The molecule has 162 valence electrons. The van der Waals surface area contributed by atoms with E-state index in [-0.39, 0.29) is 11.9 Å². The molecule has 2 aromatic carbocycles. The fourth-order valence-electron chi connectivity index (χ4n) is 4.53. The summed E-state index contributed by atoms with van der Waals surface area (Å²) in [5, 5.41) is 7.90. The zero-order valence-electron chi connectivity index (χ0n) is 18.6. The maximum absolute atomic E-state index is 13.0. The highest BCUT2D eigenvalue weighted by Gasteiger charge is 2.31. The molecule has 3 aromatic rings. The molecule has 5 nitrogen and oxygen atoms in total. The molecule has 0 unspecified atom stereocenters. The van der Waals surface area contributed by atoms with Gasteiger partial charge in [-0.05, 0) is 24.6 Å². The predicted octanol–water partition coefficient (Wildman–Crippen LogP) is 4.36. The number of rotatable bonds is 7. The first-order valence-electron chi connectivity index (χ1n) is 11.4. The van der Waals surface area contributed by atoms with Crippen molar-refractivity contribution in [3.8, 4) is 5.69 Å². The van der Waals surface area contributed by atoms with Crippen molar-refractivity contribution in [3.05, 3.63) is 83.7 Å². The van der Waals surface area contributed by atoms with E-state index in [4.69, 9.17) is 0 Å². The van der Waals surface area contributed by atoms with Crippen LogP contribution >= 0.6 is 0 Å². The first-order chi connectivity index (χ1) is 15.1. The molecule has 0 spiro atoms. The Hall–Kier alpha value is -2.92. The Labute approximate surface area is 185 Å². The maximum atomic E-state index is 13.0. The van der Waals surface area contributed by atoms with Crippen LogP contribution in [0.5, 0.6) is 0 Å². The Kier molecular flexibility index (Phi) is 6.52. The molecule has 0 atom stereocenters. The Morgan fingerprint density at radius 2 is 1.71 bits per heavy atom. The molecule has 5 heteroatoms. The standard InChI is InChI=1S/C26H32N4O/c1-3-10-24-19-25(28-29(24)23-13-8-5-9-14-23)26(31)27-22-15-17-30(2,18-16-22)20-21-11-6-4-7-12-21/h4-9,11-14,19,22H,3,10,15-18,20H2,1-2H3/p+1. The van der Waals surface area contributed by atoms with Gasteiger partial charge in [-0.3, -0.25) is 4.79 Å². The van der Waals surface area contributed by atoms with E-state index in [1.54, 1.807) is 0 Å². The van der Waals surface area contributed by atoms with Gasteiger partial charge in [0, 0.05) is 30.1 Å². The first kappa shape index (κ1) is 21.3. The third kappa shape index (κ3) is 5.23. The number of likely N-dealkylation sites (tertiary alicyclic amines) is 1. The van der Waals surface area contributed by atoms with Crippen molar-refractivity contribution in [3.63, 3.8) is 0 Å². The lowest BCUT2D eigenvalue weighted by Crippen LogP contribution is -2.53. The van der Waals surface area contributed by atoms with Gasteiger partial charge in [0.05, 0.1) is 25.8 Å². The molecule has 1 aliphatic heterocycles. The number of para-hydroxylation sites is 1. The molecule has 1 fully saturated rings. The van der Waals surface area contributed by atoms with Crippen LogP contribution in [0.25, 0.3) is 5.69 Å². The Bertz CT molecular complexity index is 989. The van der Waals surface area contributed by atoms with Gasteiger partial charge in [0.2, 0.25) is 0 Å². The summed E-state index contributed by atoms with van der Waals surface area (Å²) >= 11 is 0. The van der Waals surface area contributed by atoms with Crippen LogP contribution in [0, 0.1) is 0 Å².